The molecule has 1 atom stereocenters. The number of benzene rings is 1. The van der Waals surface area contributed by atoms with Gasteiger partial charge in [0, 0.05) is 33.2 Å². The van der Waals surface area contributed by atoms with Gasteiger partial charge in [0.25, 0.3) is 0 Å². The highest BCUT2D eigenvalue weighted by molar-refractivity contribution is 5.19. The second-order valence-electron chi connectivity index (χ2n) is 3.76. The molecule has 1 aromatic carbocycles. The molecule has 90 valence electrons. The van der Waals surface area contributed by atoms with E-state index in [1.165, 1.54) is 5.56 Å². The highest BCUT2D eigenvalue weighted by Crippen LogP contribution is 2.14. The van der Waals surface area contributed by atoms with E-state index in [9.17, 15) is 0 Å². The van der Waals surface area contributed by atoms with Gasteiger partial charge in [-0.3, -0.25) is 0 Å². The summed E-state index contributed by atoms with van der Waals surface area (Å²) in [5.41, 5.74) is 1.31. The van der Waals surface area contributed by atoms with Crippen LogP contribution in [0.5, 0.6) is 0 Å². The lowest BCUT2D eigenvalue weighted by atomic mass is 10.00. The fourth-order valence-electron chi connectivity index (χ4n) is 1.65. The second kappa shape index (κ2) is 8.28. The Labute approximate surface area is 97.8 Å². The normalized spacial score (nSPS) is 12.6. The van der Waals surface area contributed by atoms with Crippen LogP contribution in [-0.4, -0.2) is 40.5 Å². The van der Waals surface area contributed by atoms with Crippen LogP contribution in [0.4, 0.5) is 0 Å². The fraction of sp³-hybridized carbons (Fsp3) is 0.538. The molecule has 0 aliphatic heterocycles. The van der Waals surface area contributed by atoms with E-state index >= 15 is 0 Å². The van der Waals surface area contributed by atoms with E-state index in [4.69, 9.17) is 9.47 Å². The highest BCUT2D eigenvalue weighted by atomic mass is 16.5. The summed E-state index contributed by atoms with van der Waals surface area (Å²) < 4.78 is 10.2. The molecule has 0 bridgehead atoms. The van der Waals surface area contributed by atoms with Crippen LogP contribution in [0.1, 0.15) is 11.5 Å². The van der Waals surface area contributed by atoms with Crippen LogP contribution in [-0.2, 0) is 9.47 Å². The van der Waals surface area contributed by atoms with Gasteiger partial charge in [0.15, 0.2) is 0 Å². The first-order valence-electron chi connectivity index (χ1n) is 5.62. The minimum Gasteiger partial charge on any atom is -0.384 e. The van der Waals surface area contributed by atoms with Crippen molar-refractivity contribution in [3.63, 3.8) is 0 Å². The first-order chi connectivity index (χ1) is 7.88. The van der Waals surface area contributed by atoms with Crippen molar-refractivity contribution in [3.05, 3.63) is 35.9 Å². The summed E-state index contributed by atoms with van der Waals surface area (Å²) in [6, 6.07) is 10.4. The Morgan fingerprint density at radius 2 is 1.88 bits per heavy atom. The minimum atomic E-state index is 0.406. The average Bonchev–Trinajstić information content (AvgIpc) is 2.34. The van der Waals surface area contributed by atoms with Crippen molar-refractivity contribution in [2.45, 2.75) is 5.92 Å². The third kappa shape index (κ3) is 4.75. The van der Waals surface area contributed by atoms with E-state index in [1.807, 2.05) is 6.07 Å². The van der Waals surface area contributed by atoms with Crippen LogP contribution in [0.15, 0.2) is 30.3 Å². The van der Waals surface area contributed by atoms with E-state index in [2.05, 4.69) is 29.6 Å². The molecule has 3 nitrogen and oxygen atoms in total. The van der Waals surface area contributed by atoms with Crippen molar-refractivity contribution >= 4 is 0 Å². The lowest BCUT2D eigenvalue weighted by molar-refractivity contribution is 0.172. The number of methoxy groups -OCH3 is 2. The van der Waals surface area contributed by atoms with Crippen LogP contribution in [0.2, 0.25) is 0 Å². The molecule has 0 aromatic heterocycles. The third-order valence-electron chi connectivity index (χ3n) is 2.51. The molecule has 0 fully saturated rings. The molecule has 0 spiro atoms. The molecule has 0 heterocycles. The van der Waals surface area contributed by atoms with Gasteiger partial charge in [-0.1, -0.05) is 30.3 Å². The van der Waals surface area contributed by atoms with E-state index in [0.29, 0.717) is 5.92 Å². The summed E-state index contributed by atoms with van der Waals surface area (Å²) in [5.74, 6) is 0.406. The van der Waals surface area contributed by atoms with Gasteiger partial charge in [0.1, 0.15) is 0 Å². The molecule has 1 aromatic rings. The number of rotatable bonds is 8. The summed E-state index contributed by atoms with van der Waals surface area (Å²) in [5, 5.41) is 3.36. The number of hydrogen-bond acceptors (Lipinski definition) is 3. The summed E-state index contributed by atoms with van der Waals surface area (Å²) in [6.07, 6.45) is 0. The minimum absolute atomic E-state index is 0.406. The Kier molecular flexibility index (Phi) is 6.81. The first kappa shape index (κ1) is 13.2. The maximum absolute atomic E-state index is 5.24. The third-order valence-corrected chi connectivity index (χ3v) is 2.51. The zero-order valence-corrected chi connectivity index (χ0v) is 10.1. The van der Waals surface area contributed by atoms with E-state index < -0.39 is 0 Å². The molecule has 0 aliphatic carbocycles. The van der Waals surface area contributed by atoms with Crippen molar-refractivity contribution in [3.8, 4) is 0 Å². The maximum atomic E-state index is 5.24. The van der Waals surface area contributed by atoms with Crippen molar-refractivity contribution in [1.29, 1.82) is 0 Å². The summed E-state index contributed by atoms with van der Waals surface area (Å²) in [6.45, 7) is 3.28. The molecule has 1 rings (SSSR count). The lowest BCUT2D eigenvalue weighted by Gasteiger charge is -2.17. The number of ether oxygens (including phenoxy) is 2. The SMILES string of the molecule is COCCNCC(COC)c1ccccc1. The van der Waals surface area contributed by atoms with Crippen molar-refractivity contribution in [2.24, 2.45) is 0 Å². The monoisotopic (exact) mass is 223 g/mol. The molecule has 3 heteroatoms. The van der Waals surface area contributed by atoms with Gasteiger partial charge in [0.2, 0.25) is 0 Å². The van der Waals surface area contributed by atoms with Gasteiger partial charge in [-0.25, -0.2) is 0 Å². The maximum Gasteiger partial charge on any atom is 0.0587 e. The van der Waals surface area contributed by atoms with Gasteiger partial charge in [-0.15, -0.1) is 0 Å². The molecule has 16 heavy (non-hydrogen) atoms. The van der Waals surface area contributed by atoms with Crippen LogP contribution in [0.3, 0.4) is 0 Å². The molecule has 1 N–H and O–H groups in total. The molecular formula is C13H21NO2. The Bertz CT molecular complexity index is 264. The lowest BCUT2D eigenvalue weighted by Crippen LogP contribution is -2.27. The van der Waals surface area contributed by atoms with E-state index in [1.54, 1.807) is 14.2 Å². The van der Waals surface area contributed by atoms with Crippen LogP contribution < -0.4 is 5.32 Å². The zero-order valence-electron chi connectivity index (χ0n) is 10.1. The van der Waals surface area contributed by atoms with Crippen LogP contribution in [0.25, 0.3) is 0 Å². The predicted molar refractivity (Wildman–Crippen MR) is 65.8 cm³/mol. The Morgan fingerprint density at radius 3 is 2.50 bits per heavy atom. The molecule has 1 unspecified atom stereocenters. The van der Waals surface area contributed by atoms with Gasteiger partial charge < -0.3 is 14.8 Å². The van der Waals surface area contributed by atoms with Gasteiger partial charge in [-0.05, 0) is 5.56 Å². The van der Waals surface area contributed by atoms with Gasteiger partial charge >= 0.3 is 0 Å². The largest absolute Gasteiger partial charge is 0.384 e. The second-order valence-corrected chi connectivity index (χ2v) is 3.76. The topological polar surface area (TPSA) is 30.5 Å². The fourth-order valence-corrected chi connectivity index (χ4v) is 1.65. The molecule has 0 aliphatic rings. The summed E-state index contributed by atoms with van der Waals surface area (Å²) >= 11 is 0. The molecular weight excluding hydrogens is 202 g/mol. The Hall–Kier alpha value is -0.900. The van der Waals surface area contributed by atoms with Crippen LogP contribution in [0, 0.1) is 0 Å². The summed E-state index contributed by atoms with van der Waals surface area (Å²) in [4.78, 5) is 0. The number of hydrogen-bond donors (Lipinski definition) is 1. The standard InChI is InChI=1S/C13H21NO2/c1-15-9-8-14-10-13(11-16-2)12-6-4-3-5-7-12/h3-7,13-14H,8-11H2,1-2H3. The molecule has 0 amide bonds. The molecule has 0 radical (unpaired) electrons. The van der Waals surface area contributed by atoms with Crippen molar-refractivity contribution in [1.82, 2.24) is 5.32 Å². The van der Waals surface area contributed by atoms with E-state index in [0.717, 1.165) is 26.3 Å². The van der Waals surface area contributed by atoms with Crippen molar-refractivity contribution < 1.29 is 9.47 Å². The Morgan fingerprint density at radius 1 is 1.12 bits per heavy atom. The number of nitrogens with one attached hydrogen (secondary N) is 1. The van der Waals surface area contributed by atoms with E-state index in [-0.39, 0.29) is 0 Å². The van der Waals surface area contributed by atoms with Crippen LogP contribution >= 0.6 is 0 Å². The van der Waals surface area contributed by atoms with Gasteiger partial charge in [0.05, 0.1) is 13.2 Å². The highest BCUT2D eigenvalue weighted by Gasteiger charge is 2.09. The predicted octanol–water partition coefficient (Wildman–Crippen LogP) is 1.65. The first-order valence-corrected chi connectivity index (χ1v) is 5.62. The smallest absolute Gasteiger partial charge is 0.0587 e. The average molecular weight is 223 g/mol. The molecule has 0 saturated heterocycles. The quantitative estimate of drug-likeness (QED) is 0.680. The summed E-state index contributed by atoms with van der Waals surface area (Å²) in [7, 11) is 3.45. The van der Waals surface area contributed by atoms with Crippen molar-refractivity contribution in [2.75, 3.05) is 40.5 Å². The zero-order chi connectivity index (χ0) is 11.6. The Balaban J connectivity index is 2.41. The van der Waals surface area contributed by atoms with Gasteiger partial charge in [-0.2, -0.15) is 0 Å². The molecule has 0 saturated carbocycles.